The van der Waals surface area contributed by atoms with Gasteiger partial charge in [0.05, 0.1) is 17.6 Å². The minimum Gasteiger partial charge on any atom is -0.390 e. The van der Waals surface area contributed by atoms with E-state index in [9.17, 15) is 23.9 Å². The van der Waals surface area contributed by atoms with Crippen molar-refractivity contribution in [3.63, 3.8) is 0 Å². The summed E-state index contributed by atoms with van der Waals surface area (Å²) in [5.74, 6) is -2.43. The molecule has 0 aromatic carbocycles. The number of allylic oxidation sites excluding steroid dienone is 2. The normalized spacial score (nSPS) is 40.9. The molecule has 8 nitrogen and oxygen atoms in total. The minimum atomic E-state index is -1.29. The van der Waals surface area contributed by atoms with Gasteiger partial charge >= 0.3 is 6.03 Å². The van der Waals surface area contributed by atoms with Crippen LogP contribution < -0.4 is 11.1 Å². The van der Waals surface area contributed by atoms with Gasteiger partial charge in [0.2, 0.25) is 11.8 Å². The lowest BCUT2D eigenvalue weighted by Crippen LogP contribution is -2.67. The minimum absolute atomic E-state index is 0.0415. The number of rotatable bonds is 4. The number of carbonyl (C=O) groups is 3. The summed E-state index contributed by atoms with van der Waals surface area (Å²) < 4.78 is 31.3. The molecule has 10 atom stereocenters. The first-order chi connectivity index (χ1) is 19.8. The zero-order chi connectivity index (χ0) is 30.2. The number of carbonyl (C=O) groups excluding carboxylic acids is 3. The zero-order valence-corrected chi connectivity index (χ0v) is 25.2. The molecule has 4 N–H and O–H groups in total. The van der Waals surface area contributed by atoms with Gasteiger partial charge in [0.15, 0.2) is 0 Å². The molecule has 0 radical (unpaired) electrons. The van der Waals surface area contributed by atoms with Gasteiger partial charge in [-0.15, -0.1) is 0 Å². The molecule has 2 aliphatic heterocycles. The third-order valence-corrected chi connectivity index (χ3v) is 11.8. The number of nitrogens with zero attached hydrogens (tertiary/aromatic N) is 2. The fourth-order valence-corrected chi connectivity index (χ4v) is 9.60. The van der Waals surface area contributed by atoms with Crippen LogP contribution in [0, 0.1) is 35.5 Å². The number of alkyl halides is 2. The molecule has 10 heteroatoms. The number of amides is 4. The monoisotopic (exact) mass is 588 g/mol. The number of primary amides is 1. The maximum absolute atomic E-state index is 16.4. The van der Waals surface area contributed by atoms with Crippen molar-refractivity contribution < 1.29 is 28.3 Å². The molecule has 0 bridgehead atoms. The third-order valence-electron chi connectivity index (χ3n) is 11.8. The predicted octanol–water partition coefficient (Wildman–Crippen LogP) is 4.33. The molecule has 1 saturated heterocycles. The summed E-state index contributed by atoms with van der Waals surface area (Å²) in [6.07, 6.45) is 3.24. The third kappa shape index (κ3) is 4.58. The average molecular weight is 589 g/mol. The van der Waals surface area contributed by atoms with Crippen LogP contribution in [0.4, 0.5) is 13.6 Å². The SMILES string of the molecule is CC1C(C2C(F)CC(C(N)=O)=C3NC4=C(CC[C@H](C(C)(C)O)C4)C32)CCCC1N1C(=O)C2CCCC(F)C2N(C)C1=O. The van der Waals surface area contributed by atoms with Gasteiger partial charge in [-0.2, -0.15) is 0 Å². The molecule has 6 rings (SSSR count). The van der Waals surface area contributed by atoms with Crippen LogP contribution in [0.3, 0.4) is 0 Å². The van der Waals surface area contributed by atoms with Gasteiger partial charge in [0.25, 0.3) is 0 Å². The van der Waals surface area contributed by atoms with E-state index in [0.29, 0.717) is 49.8 Å². The number of aliphatic hydroxyl groups is 1. The number of urea groups is 1. The molecule has 4 aliphatic carbocycles. The molecule has 0 spiro atoms. The highest BCUT2D eigenvalue weighted by molar-refractivity contribution is 5.99. The Morgan fingerprint density at radius 2 is 1.76 bits per heavy atom. The topological polar surface area (TPSA) is 116 Å². The molecule has 2 saturated carbocycles. The lowest BCUT2D eigenvalue weighted by molar-refractivity contribution is -0.147. The molecule has 232 valence electrons. The second kappa shape index (κ2) is 10.6. The second-order valence-electron chi connectivity index (χ2n) is 14.4. The zero-order valence-electron chi connectivity index (χ0n) is 25.2. The van der Waals surface area contributed by atoms with Crippen molar-refractivity contribution in [1.29, 1.82) is 0 Å². The lowest BCUT2D eigenvalue weighted by atomic mass is 9.60. The van der Waals surface area contributed by atoms with E-state index in [0.717, 1.165) is 30.5 Å². The fraction of sp³-hybridized carbons (Fsp3) is 0.781. The summed E-state index contributed by atoms with van der Waals surface area (Å²) in [4.78, 5) is 42.7. The van der Waals surface area contributed by atoms with Gasteiger partial charge in [0, 0.05) is 48.3 Å². The molecule has 4 amide bonds. The quantitative estimate of drug-likeness (QED) is 0.452. The smallest absolute Gasteiger partial charge is 0.327 e. The van der Waals surface area contributed by atoms with Crippen molar-refractivity contribution >= 4 is 17.8 Å². The van der Waals surface area contributed by atoms with E-state index in [2.05, 4.69) is 5.32 Å². The Labute approximate surface area is 247 Å². The van der Waals surface area contributed by atoms with Gasteiger partial charge in [-0.05, 0) is 88.5 Å². The summed E-state index contributed by atoms with van der Waals surface area (Å²) in [7, 11) is 1.60. The Kier molecular flexibility index (Phi) is 7.46. The second-order valence-corrected chi connectivity index (χ2v) is 14.4. The Morgan fingerprint density at radius 1 is 1.05 bits per heavy atom. The number of nitrogens with one attached hydrogen (secondary N) is 1. The number of hydrogen-bond acceptors (Lipinski definition) is 5. The van der Waals surface area contributed by atoms with E-state index < -0.39 is 53.8 Å². The molecular weight excluding hydrogens is 542 g/mol. The average Bonchev–Trinajstić information content (AvgIpc) is 3.30. The lowest BCUT2D eigenvalue weighted by Gasteiger charge is -2.52. The number of hydrogen-bond donors (Lipinski definition) is 3. The van der Waals surface area contributed by atoms with Crippen LogP contribution >= 0.6 is 0 Å². The summed E-state index contributed by atoms with van der Waals surface area (Å²) >= 11 is 0. The highest BCUT2D eigenvalue weighted by Gasteiger charge is 2.56. The van der Waals surface area contributed by atoms with Crippen LogP contribution in [0.25, 0.3) is 0 Å². The molecular formula is C32H46F2N4O4. The predicted molar refractivity (Wildman–Crippen MR) is 153 cm³/mol. The summed E-state index contributed by atoms with van der Waals surface area (Å²) in [6, 6.07) is -1.55. The molecule has 42 heavy (non-hydrogen) atoms. The largest absolute Gasteiger partial charge is 0.390 e. The van der Waals surface area contributed by atoms with Crippen LogP contribution in [0.15, 0.2) is 22.5 Å². The van der Waals surface area contributed by atoms with E-state index >= 15 is 4.39 Å². The van der Waals surface area contributed by atoms with E-state index in [1.807, 2.05) is 20.8 Å². The first-order valence-corrected chi connectivity index (χ1v) is 15.9. The summed E-state index contributed by atoms with van der Waals surface area (Å²) in [5, 5.41) is 14.2. The Morgan fingerprint density at radius 3 is 2.45 bits per heavy atom. The van der Waals surface area contributed by atoms with Crippen LogP contribution in [0.1, 0.15) is 85.0 Å². The Bertz CT molecular complexity index is 1230. The molecule has 6 aliphatic rings. The maximum atomic E-state index is 16.4. The van der Waals surface area contributed by atoms with Crippen molar-refractivity contribution in [3.05, 3.63) is 22.5 Å². The highest BCUT2D eigenvalue weighted by Crippen LogP contribution is 2.55. The Balaban J connectivity index is 1.32. The molecule has 9 unspecified atom stereocenters. The Hall–Kier alpha value is -2.49. The van der Waals surface area contributed by atoms with Gasteiger partial charge in [-0.1, -0.05) is 13.3 Å². The van der Waals surface area contributed by atoms with Gasteiger partial charge in [0.1, 0.15) is 12.3 Å². The molecule has 2 heterocycles. The molecule has 3 fully saturated rings. The molecule has 0 aromatic heterocycles. The van der Waals surface area contributed by atoms with Gasteiger partial charge in [-0.3, -0.25) is 14.5 Å². The van der Waals surface area contributed by atoms with E-state index in [1.165, 1.54) is 9.80 Å². The standard InChI is InChI=1S/C32H46F2N4O4/c1-15-17(7-6-10-24(15)38-30(40)19-8-5-9-21(33)28(19)37(4)31(38)41)25-22(34)14-20(29(35)39)27-26(25)18-12-11-16(32(2,3)42)13-23(18)36-27/h15-17,19,21-22,24-26,28,36,42H,5-14H2,1-4H3,(H2,35,39)/t15?,16-,17?,19?,21?,22?,24?,25?,26?,28?/m0/s1. The maximum Gasteiger partial charge on any atom is 0.327 e. The van der Waals surface area contributed by atoms with Crippen molar-refractivity contribution in [2.75, 3.05) is 7.05 Å². The van der Waals surface area contributed by atoms with Crippen molar-refractivity contribution in [1.82, 2.24) is 15.1 Å². The van der Waals surface area contributed by atoms with Crippen LogP contribution in [-0.2, 0) is 9.59 Å². The van der Waals surface area contributed by atoms with E-state index in [4.69, 9.17) is 5.73 Å². The van der Waals surface area contributed by atoms with E-state index in [-0.39, 0.29) is 36.0 Å². The fourth-order valence-electron chi connectivity index (χ4n) is 9.60. The highest BCUT2D eigenvalue weighted by atomic mass is 19.1. The number of nitrogens with two attached hydrogens (primary N) is 1. The van der Waals surface area contributed by atoms with E-state index in [1.54, 1.807) is 7.05 Å². The van der Waals surface area contributed by atoms with Crippen LogP contribution in [0.5, 0.6) is 0 Å². The first-order valence-electron chi connectivity index (χ1n) is 15.9. The molecule has 0 aromatic rings. The van der Waals surface area contributed by atoms with Gasteiger partial charge < -0.3 is 21.1 Å². The number of fused-ring (bicyclic) bond motifs is 3. The first kappa shape index (κ1) is 29.6. The van der Waals surface area contributed by atoms with Crippen molar-refractivity contribution in [2.24, 2.45) is 41.2 Å². The van der Waals surface area contributed by atoms with Gasteiger partial charge in [-0.25, -0.2) is 13.6 Å². The number of halogens is 2. The number of imide groups is 1. The summed E-state index contributed by atoms with van der Waals surface area (Å²) in [5.41, 5.74) is 8.01. The van der Waals surface area contributed by atoms with Crippen LogP contribution in [0.2, 0.25) is 0 Å². The van der Waals surface area contributed by atoms with Crippen molar-refractivity contribution in [2.45, 2.75) is 115 Å². The summed E-state index contributed by atoms with van der Waals surface area (Å²) in [6.45, 7) is 5.66. The van der Waals surface area contributed by atoms with Crippen LogP contribution in [-0.4, -0.2) is 69.8 Å². The van der Waals surface area contributed by atoms with Crippen molar-refractivity contribution in [3.8, 4) is 0 Å².